The molecule has 3 nitrogen and oxygen atoms in total. The molecule has 1 aromatic heterocycles. The maximum Gasteiger partial charge on any atom is 0.224 e. The summed E-state index contributed by atoms with van der Waals surface area (Å²) in [6.07, 6.45) is 4.14. The molecule has 3 heteroatoms. The topological polar surface area (TPSA) is 44.9 Å². The fraction of sp³-hybridized carbons (Fsp3) is 0.500. The van der Waals surface area contributed by atoms with Crippen molar-refractivity contribution in [1.29, 1.82) is 0 Å². The summed E-state index contributed by atoms with van der Waals surface area (Å²) in [5.74, 6) is 0.600. The van der Waals surface area contributed by atoms with Crippen molar-refractivity contribution in [3.8, 4) is 0 Å². The predicted molar refractivity (Wildman–Crippen MR) is 52.3 cm³/mol. The van der Waals surface area contributed by atoms with Crippen LogP contribution < -0.4 is 5.32 Å². The van der Waals surface area contributed by atoms with E-state index in [0.29, 0.717) is 12.3 Å². The highest BCUT2D eigenvalue weighted by atomic mass is 16.1. The minimum atomic E-state index is 0.0910. The van der Waals surface area contributed by atoms with Crippen LogP contribution in [0.3, 0.4) is 0 Å². The van der Waals surface area contributed by atoms with Crippen LogP contribution in [-0.4, -0.2) is 17.4 Å². The van der Waals surface area contributed by atoms with Gasteiger partial charge in [0, 0.05) is 18.9 Å². The van der Waals surface area contributed by atoms with Crippen LogP contribution in [0.1, 0.15) is 19.4 Å². The first-order valence-electron chi connectivity index (χ1n) is 4.57. The molecule has 0 aromatic carbocycles. The molecule has 0 spiro atoms. The van der Waals surface area contributed by atoms with Crippen LogP contribution in [0.15, 0.2) is 18.5 Å². The molecule has 1 heterocycles. The second-order valence-corrected chi connectivity index (χ2v) is 3.59. The molecular weight excluding hydrogens is 164 g/mol. The quantitative estimate of drug-likeness (QED) is 0.721. The van der Waals surface area contributed by atoms with E-state index < -0.39 is 0 Å². The van der Waals surface area contributed by atoms with Crippen LogP contribution in [0.5, 0.6) is 0 Å². The lowest BCUT2D eigenvalue weighted by Gasteiger charge is -2.06. The third-order valence-corrected chi connectivity index (χ3v) is 1.73. The number of carbonyl (C=O) groups excluding carboxylic acids is 1. The van der Waals surface area contributed by atoms with Gasteiger partial charge in [0.15, 0.2) is 0 Å². The van der Waals surface area contributed by atoms with E-state index >= 15 is 0 Å². The first-order valence-corrected chi connectivity index (χ1v) is 4.57. The normalized spacial score (nSPS) is 10.4. The lowest BCUT2D eigenvalue weighted by atomic mass is 10.2. The van der Waals surface area contributed by atoms with Gasteiger partial charge >= 0.3 is 0 Å². The smallest absolute Gasteiger partial charge is 0.224 e. The number of aromatic nitrogens is 1. The molecule has 13 heavy (non-hydrogen) atoms. The molecule has 72 valence electrons. The minimum absolute atomic E-state index is 0.0910. The van der Waals surface area contributed by atoms with Crippen molar-refractivity contribution < 1.29 is 4.79 Å². The van der Waals surface area contributed by atoms with Crippen molar-refractivity contribution in [3.05, 3.63) is 24.0 Å². The first kappa shape index (κ1) is 9.84. The third kappa shape index (κ3) is 3.78. The van der Waals surface area contributed by atoms with E-state index in [1.807, 2.05) is 18.5 Å². The Balaban J connectivity index is 2.26. The maximum atomic E-state index is 11.3. The fourth-order valence-corrected chi connectivity index (χ4v) is 1.03. The molecule has 0 saturated carbocycles. The van der Waals surface area contributed by atoms with E-state index in [4.69, 9.17) is 0 Å². The predicted octanol–water partition coefficient (Wildman–Crippen LogP) is 1.33. The number of hydrogen-bond acceptors (Lipinski definition) is 1. The Labute approximate surface area is 78.5 Å². The van der Waals surface area contributed by atoms with Crippen LogP contribution in [-0.2, 0) is 11.2 Å². The summed E-state index contributed by atoms with van der Waals surface area (Å²) in [6, 6.07) is 1.91. The van der Waals surface area contributed by atoms with Crippen molar-refractivity contribution in [2.24, 2.45) is 5.92 Å². The van der Waals surface area contributed by atoms with Gasteiger partial charge in [0.1, 0.15) is 0 Å². The maximum absolute atomic E-state index is 11.3. The van der Waals surface area contributed by atoms with Gasteiger partial charge in [-0.1, -0.05) is 13.8 Å². The molecule has 0 fully saturated rings. The van der Waals surface area contributed by atoms with E-state index in [1.165, 1.54) is 0 Å². The third-order valence-electron chi connectivity index (χ3n) is 1.73. The highest BCUT2D eigenvalue weighted by Gasteiger charge is 2.03. The summed E-state index contributed by atoms with van der Waals surface area (Å²) in [7, 11) is 0. The van der Waals surface area contributed by atoms with Gasteiger partial charge < -0.3 is 10.3 Å². The fourth-order valence-electron chi connectivity index (χ4n) is 1.03. The van der Waals surface area contributed by atoms with Gasteiger partial charge in [-0.3, -0.25) is 4.79 Å². The summed E-state index contributed by atoms with van der Waals surface area (Å²) in [6.45, 7) is 4.91. The molecule has 0 aliphatic heterocycles. The average molecular weight is 180 g/mol. The standard InChI is InChI=1S/C10H16N2O/c1-8(2)6-12-10(13)5-9-3-4-11-7-9/h3-4,7-8,11H,5-6H2,1-2H3,(H,12,13). The van der Waals surface area contributed by atoms with Crippen LogP contribution >= 0.6 is 0 Å². The van der Waals surface area contributed by atoms with E-state index in [2.05, 4.69) is 24.1 Å². The molecule has 1 amide bonds. The Morgan fingerprint density at radius 3 is 2.92 bits per heavy atom. The summed E-state index contributed by atoms with van der Waals surface area (Å²) < 4.78 is 0. The summed E-state index contributed by atoms with van der Waals surface area (Å²) in [5.41, 5.74) is 1.03. The van der Waals surface area contributed by atoms with Crippen LogP contribution in [0, 0.1) is 5.92 Å². The van der Waals surface area contributed by atoms with Gasteiger partial charge in [-0.2, -0.15) is 0 Å². The van der Waals surface area contributed by atoms with Crippen molar-refractivity contribution in [2.75, 3.05) is 6.54 Å². The minimum Gasteiger partial charge on any atom is -0.367 e. The Bertz CT molecular complexity index is 252. The van der Waals surface area contributed by atoms with Crippen LogP contribution in [0.25, 0.3) is 0 Å². The van der Waals surface area contributed by atoms with Crippen molar-refractivity contribution >= 4 is 5.91 Å². The molecule has 0 unspecified atom stereocenters. The van der Waals surface area contributed by atoms with Gasteiger partial charge in [0.05, 0.1) is 6.42 Å². The monoisotopic (exact) mass is 180 g/mol. The van der Waals surface area contributed by atoms with Crippen molar-refractivity contribution in [2.45, 2.75) is 20.3 Å². The molecule has 0 aliphatic rings. The second-order valence-electron chi connectivity index (χ2n) is 3.59. The Morgan fingerprint density at radius 2 is 2.38 bits per heavy atom. The van der Waals surface area contributed by atoms with Crippen molar-refractivity contribution in [1.82, 2.24) is 10.3 Å². The van der Waals surface area contributed by atoms with Gasteiger partial charge in [-0.25, -0.2) is 0 Å². The number of carbonyl (C=O) groups is 1. The first-order chi connectivity index (χ1) is 6.18. The number of hydrogen-bond donors (Lipinski definition) is 2. The number of amides is 1. The average Bonchev–Trinajstić information content (AvgIpc) is 2.53. The summed E-state index contributed by atoms with van der Waals surface area (Å²) >= 11 is 0. The van der Waals surface area contributed by atoms with Gasteiger partial charge in [-0.05, 0) is 17.5 Å². The highest BCUT2D eigenvalue weighted by Crippen LogP contribution is 1.97. The SMILES string of the molecule is CC(C)CNC(=O)Cc1cc[nH]c1. The van der Waals surface area contributed by atoms with Crippen molar-refractivity contribution in [3.63, 3.8) is 0 Å². The van der Waals surface area contributed by atoms with Gasteiger partial charge in [0.25, 0.3) is 0 Å². The van der Waals surface area contributed by atoms with E-state index in [0.717, 1.165) is 12.1 Å². The van der Waals surface area contributed by atoms with Gasteiger partial charge in [-0.15, -0.1) is 0 Å². The molecule has 1 aromatic rings. The van der Waals surface area contributed by atoms with Crippen LogP contribution in [0.4, 0.5) is 0 Å². The molecule has 0 aliphatic carbocycles. The zero-order chi connectivity index (χ0) is 9.68. The molecule has 1 rings (SSSR count). The molecule has 2 N–H and O–H groups in total. The Hall–Kier alpha value is -1.25. The molecule has 0 radical (unpaired) electrons. The zero-order valence-electron chi connectivity index (χ0n) is 8.13. The number of H-pyrrole nitrogens is 1. The van der Waals surface area contributed by atoms with E-state index in [9.17, 15) is 4.79 Å². The Kier molecular flexibility index (Phi) is 3.55. The highest BCUT2D eigenvalue weighted by molar-refractivity contribution is 5.78. The van der Waals surface area contributed by atoms with Gasteiger partial charge in [0.2, 0.25) is 5.91 Å². The summed E-state index contributed by atoms with van der Waals surface area (Å²) in [4.78, 5) is 14.2. The van der Waals surface area contributed by atoms with Crippen LogP contribution in [0.2, 0.25) is 0 Å². The number of aromatic amines is 1. The largest absolute Gasteiger partial charge is 0.367 e. The Morgan fingerprint density at radius 1 is 1.62 bits per heavy atom. The number of nitrogens with one attached hydrogen (secondary N) is 2. The molecule has 0 saturated heterocycles. The molecule has 0 bridgehead atoms. The molecule has 0 atom stereocenters. The van der Waals surface area contributed by atoms with E-state index in [-0.39, 0.29) is 5.91 Å². The zero-order valence-corrected chi connectivity index (χ0v) is 8.13. The molecular formula is C10H16N2O. The number of rotatable bonds is 4. The van der Waals surface area contributed by atoms with E-state index in [1.54, 1.807) is 0 Å². The lowest BCUT2D eigenvalue weighted by molar-refractivity contribution is -0.120. The lowest BCUT2D eigenvalue weighted by Crippen LogP contribution is -2.28. The second kappa shape index (κ2) is 4.70. The summed E-state index contributed by atoms with van der Waals surface area (Å²) in [5, 5.41) is 2.87.